The van der Waals surface area contributed by atoms with Crippen LogP contribution in [0.4, 0.5) is 11.8 Å². The van der Waals surface area contributed by atoms with Gasteiger partial charge in [0.15, 0.2) is 0 Å². The molecule has 8 heteroatoms. The molecule has 0 atom stereocenters. The number of rotatable bonds is 2. The molecule has 3 aromatic heterocycles. The highest BCUT2D eigenvalue weighted by molar-refractivity contribution is 7.17. The predicted octanol–water partition coefficient (Wildman–Crippen LogP) is 2.90. The Bertz CT molecular complexity index is 742. The molecule has 3 rings (SSSR count). The van der Waals surface area contributed by atoms with Crippen molar-refractivity contribution in [1.82, 2.24) is 24.6 Å². The van der Waals surface area contributed by atoms with Crippen LogP contribution in [-0.2, 0) is 0 Å². The Balaban J connectivity index is 1.96. The third-order valence-corrected chi connectivity index (χ3v) is 3.93. The summed E-state index contributed by atoms with van der Waals surface area (Å²) in [7, 11) is 0. The minimum Gasteiger partial charge on any atom is -0.307 e. The van der Waals surface area contributed by atoms with E-state index in [9.17, 15) is 0 Å². The maximum absolute atomic E-state index is 5.81. The summed E-state index contributed by atoms with van der Waals surface area (Å²) in [6, 6.07) is 1.79. The van der Waals surface area contributed by atoms with E-state index in [1.54, 1.807) is 17.4 Å². The Labute approximate surface area is 118 Å². The number of thiazole rings is 1. The van der Waals surface area contributed by atoms with Gasteiger partial charge in [0.1, 0.15) is 5.82 Å². The van der Waals surface area contributed by atoms with Crippen LogP contribution < -0.4 is 5.32 Å². The van der Waals surface area contributed by atoms with Gasteiger partial charge >= 0.3 is 0 Å². The SMILES string of the molecule is Cc1cc(Nc2nc3sc(C)c(C)n3n2)nc(Cl)n1. The Morgan fingerprint density at radius 1 is 1.21 bits per heavy atom. The zero-order valence-corrected chi connectivity index (χ0v) is 12.2. The summed E-state index contributed by atoms with van der Waals surface area (Å²) in [5.74, 6) is 1.09. The summed E-state index contributed by atoms with van der Waals surface area (Å²) in [5, 5.41) is 7.63. The maximum atomic E-state index is 5.81. The number of hydrogen-bond donors (Lipinski definition) is 1. The molecule has 0 saturated heterocycles. The molecule has 19 heavy (non-hydrogen) atoms. The smallest absolute Gasteiger partial charge is 0.249 e. The Kier molecular flexibility index (Phi) is 2.87. The fourth-order valence-electron chi connectivity index (χ4n) is 1.71. The number of aryl methyl sites for hydroxylation is 3. The Hall–Kier alpha value is -1.73. The highest BCUT2D eigenvalue weighted by Crippen LogP contribution is 2.22. The molecule has 0 aliphatic carbocycles. The lowest BCUT2D eigenvalue weighted by Crippen LogP contribution is -1.99. The van der Waals surface area contributed by atoms with E-state index in [0.29, 0.717) is 11.8 Å². The predicted molar refractivity (Wildman–Crippen MR) is 75.4 cm³/mol. The number of nitrogens with zero attached hydrogens (tertiary/aromatic N) is 5. The molecule has 0 aliphatic rings. The molecule has 0 saturated carbocycles. The van der Waals surface area contributed by atoms with Crippen LogP contribution >= 0.6 is 22.9 Å². The van der Waals surface area contributed by atoms with Crippen molar-refractivity contribution in [3.63, 3.8) is 0 Å². The summed E-state index contributed by atoms with van der Waals surface area (Å²) in [6.45, 7) is 5.92. The van der Waals surface area contributed by atoms with Gasteiger partial charge in [0.05, 0.1) is 5.69 Å². The van der Waals surface area contributed by atoms with E-state index in [0.717, 1.165) is 16.3 Å². The first kappa shape index (κ1) is 12.3. The van der Waals surface area contributed by atoms with Gasteiger partial charge in [-0.2, -0.15) is 4.98 Å². The molecule has 1 N–H and O–H groups in total. The summed E-state index contributed by atoms with van der Waals surface area (Å²) in [4.78, 5) is 14.6. The Morgan fingerprint density at radius 2 is 2.00 bits per heavy atom. The quantitative estimate of drug-likeness (QED) is 0.736. The lowest BCUT2D eigenvalue weighted by Gasteiger charge is -2.01. The van der Waals surface area contributed by atoms with Crippen LogP contribution in [0.25, 0.3) is 4.96 Å². The second-order valence-electron chi connectivity index (χ2n) is 4.16. The van der Waals surface area contributed by atoms with Crippen LogP contribution in [0.1, 0.15) is 16.3 Å². The van der Waals surface area contributed by atoms with Crippen LogP contribution in [0.3, 0.4) is 0 Å². The average Bonchev–Trinajstić information content (AvgIpc) is 2.79. The van der Waals surface area contributed by atoms with Gasteiger partial charge in [-0.05, 0) is 32.4 Å². The van der Waals surface area contributed by atoms with Crippen LogP contribution in [-0.4, -0.2) is 24.6 Å². The molecule has 0 fully saturated rings. The molecule has 0 bridgehead atoms. The van der Waals surface area contributed by atoms with Gasteiger partial charge in [-0.3, -0.25) is 0 Å². The third kappa shape index (κ3) is 2.26. The zero-order chi connectivity index (χ0) is 13.6. The molecule has 6 nitrogen and oxygen atoms in total. The second-order valence-corrected chi connectivity index (χ2v) is 5.68. The van der Waals surface area contributed by atoms with Gasteiger partial charge in [0, 0.05) is 16.6 Å². The van der Waals surface area contributed by atoms with E-state index >= 15 is 0 Å². The van der Waals surface area contributed by atoms with E-state index in [2.05, 4.69) is 32.3 Å². The largest absolute Gasteiger partial charge is 0.307 e. The van der Waals surface area contributed by atoms with Crippen molar-refractivity contribution in [1.29, 1.82) is 0 Å². The molecular formula is C11H11ClN6S. The fourth-order valence-corrected chi connectivity index (χ4v) is 2.83. The molecule has 3 heterocycles. The van der Waals surface area contributed by atoms with Crippen molar-refractivity contribution < 1.29 is 0 Å². The maximum Gasteiger partial charge on any atom is 0.249 e. The number of nitrogens with one attached hydrogen (secondary N) is 1. The molecule has 0 amide bonds. The van der Waals surface area contributed by atoms with Gasteiger partial charge in [-0.15, -0.1) is 5.10 Å². The molecule has 0 aliphatic heterocycles. The average molecular weight is 295 g/mol. The van der Waals surface area contributed by atoms with Gasteiger partial charge in [-0.1, -0.05) is 11.3 Å². The number of aromatic nitrogens is 5. The first-order valence-electron chi connectivity index (χ1n) is 5.64. The number of halogens is 1. The van der Waals surface area contributed by atoms with Gasteiger partial charge in [0.25, 0.3) is 0 Å². The first-order valence-corrected chi connectivity index (χ1v) is 6.83. The van der Waals surface area contributed by atoms with E-state index in [-0.39, 0.29) is 5.28 Å². The van der Waals surface area contributed by atoms with Crippen molar-refractivity contribution in [3.05, 3.63) is 27.6 Å². The molecule has 0 spiro atoms. The third-order valence-electron chi connectivity index (χ3n) is 2.72. The van der Waals surface area contributed by atoms with Crippen LogP contribution in [0, 0.1) is 20.8 Å². The second kappa shape index (κ2) is 4.43. The highest BCUT2D eigenvalue weighted by atomic mass is 35.5. The molecule has 0 radical (unpaired) electrons. The van der Waals surface area contributed by atoms with Crippen molar-refractivity contribution in [2.45, 2.75) is 20.8 Å². The van der Waals surface area contributed by atoms with Gasteiger partial charge < -0.3 is 5.32 Å². The fraction of sp³-hybridized carbons (Fsp3) is 0.273. The monoisotopic (exact) mass is 294 g/mol. The van der Waals surface area contributed by atoms with Crippen LogP contribution in [0.2, 0.25) is 5.28 Å². The number of fused-ring (bicyclic) bond motifs is 1. The zero-order valence-electron chi connectivity index (χ0n) is 10.6. The number of anilines is 2. The molecule has 0 unspecified atom stereocenters. The summed E-state index contributed by atoms with van der Waals surface area (Å²) >= 11 is 7.42. The van der Waals surface area contributed by atoms with Crippen LogP contribution in [0.5, 0.6) is 0 Å². The van der Waals surface area contributed by atoms with Crippen molar-refractivity contribution >= 4 is 39.7 Å². The Morgan fingerprint density at radius 3 is 2.68 bits per heavy atom. The summed E-state index contributed by atoms with van der Waals surface area (Å²) in [6.07, 6.45) is 0. The molecule has 3 aromatic rings. The lowest BCUT2D eigenvalue weighted by atomic mass is 10.4. The standard InChI is InChI=1S/C11H11ClN6S/c1-5-4-8(14-9(12)13-5)15-10-16-11-18(17-10)6(2)7(3)19-11/h4H,1-3H3,(H,13,14,15,17). The molecular weight excluding hydrogens is 284 g/mol. The van der Waals surface area contributed by atoms with E-state index in [4.69, 9.17) is 11.6 Å². The topological polar surface area (TPSA) is 68.0 Å². The number of hydrogen-bond acceptors (Lipinski definition) is 6. The van der Waals surface area contributed by atoms with Gasteiger partial charge in [0.2, 0.25) is 16.2 Å². The summed E-state index contributed by atoms with van der Waals surface area (Å²) in [5.41, 5.74) is 1.88. The van der Waals surface area contributed by atoms with E-state index < -0.39 is 0 Å². The highest BCUT2D eigenvalue weighted by Gasteiger charge is 2.11. The van der Waals surface area contributed by atoms with Crippen molar-refractivity contribution in [2.75, 3.05) is 5.32 Å². The minimum absolute atomic E-state index is 0.204. The lowest BCUT2D eigenvalue weighted by molar-refractivity contribution is 0.927. The van der Waals surface area contributed by atoms with Gasteiger partial charge in [-0.25, -0.2) is 14.5 Å². The van der Waals surface area contributed by atoms with E-state index in [1.165, 1.54) is 4.88 Å². The van der Waals surface area contributed by atoms with E-state index in [1.807, 2.05) is 18.4 Å². The summed E-state index contributed by atoms with van der Waals surface area (Å²) < 4.78 is 1.82. The normalized spacial score (nSPS) is 11.2. The van der Waals surface area contributed by atoms with Crippen molar-refractivity contribution in [3.8, 4) is 0 Å². The first-order chi connectivity index (χ1) is 9.02. The van der Waals surface area contributed by atoms with Crippen LogP contribution in [0.15, 0.2) is 6.07 Å². The van der Waals surface area contributed by atoms with Crippen molar-refractivity contribution in [2.24, 2.45) is 0 Å². The molecule has 98 valence electrons. The minimum atomic E-state index is 0.204. The molecule has 0 aromatic carbocycles.